The predicted octanol–water partition coefficient (Wildman–Crippen LogP) is 3.56. The van der Waals surface area contributed by atoms with Crippen LogP contribution in [0.25, 0.3) is 16.9 Å². The third kappa shape index (κ3) is 5.21. The van der Waals surface area contributed by atoms with Crippen LogP contribution < -0.4 is 5.32 Å². The number of methoxy groups -OCH3 is 1. The number of carbonyl (C=O) groups excluding carboxylic acids is 1. The summed E-state index contributed by atoms with van der Waals surface area (Å²) in [5.41, 5.74) is 4.48. The summed E-state index contributed by atoms with van der Waals surface area (Å²) in [6.07, 6.45) is 4.84. The van der Waals surface area contributed by atoms with E-state index in [1.165, 1.54) is 0 Å². The number of nitrogens with zero attached hydrogens (tertiary/aromatic N) is 4. The van der Waals surface area contributed by atoms with Crippen LogP contribution in [0, 0.1) is 6.92 Å². The molecule has 1 aliphatic rings. The van der Waals surface area contributed by atoms with Gasteiger partial charge in [-0.05, 0) is 43.0 Å². The van der Waals surface area contributed by atoms with Crippen molar-refractivity contribution in [2.24, 2.45) is 7.05 Å². The van der Waals surface area contributed by atoms with E-state index in [-0.39, 0.29) is 30.9 Å². The Morgan fingerprint density at radius 1 is 1.14 bits per heavy atom. The fraction of sp³-hybridized carbons (Fsp3) is 0.345. The van der Waals surface area contributed by atoms with Crippen LogP contribution in [0.3, 0.4) is 0 Å². The summed E-state index contributed by atoms with van der Waals surface area (Å²) in [6.45, 7) is 2.23. The van der Waals surface area contributed by atoms with Gasteiger partial charge in [-0.1, -0.05) is 48.5 Å². The second-order valence-corrected chi connectivity index (χ2v) is 10.0. The zero-order valence-corrected chi connectivity index (χ0v) is 21.5. The van der Waals surface area contributed by atoms with Crippen LogP contribution in [0.15, 0.2) is 73.1 Å². The Kier molecular flexibility index (Phi) is 6.95. The first kappa shape index (κ1) is 24.9. The molecule has 1 unspecified atom stereocenters. The lowest BCUT2D eigenvalue weighted by Gasteiger charge is -2.21. The number of para-hydroxylation sites is 1. The molecule has 0 bridgehead atoms. The maximum Gasteiger partial charge on any atom is 0.226 e. The van der Waals surface area contributed by atoms with Crippen molar-refractivity contribution in [3.8, 4) is 16.9 Å². The van der Waals surface area contributed by atoms with Crippen LogP contribution in [-0.4, -0.2) is 55.9 Å². The topological polar surface area (TPSA) is 94.2 Å². The van der Waals surface area contributed by atoms with Crippen molar-refractivity contribution >= 4 is 5.91 Å². The van der Waals surface area contributed by atoms with Gasteiger partial charge in [-0.3, -0.25) is 9.48 Å². The smallest absolute Gasteiger partial charge is 0.226 e. The highest BCUT2D eigenvalue weighted by molar-refractivity contribution is 5.80. The van der Waals surface area contributed by atoms with Crippen molar-refractivity contribution in [1.82, 2.24) is 24.9 Å². The average Bonchev–Trinajstić information content (AvgIpc) is 3.56. The Labute approximate surface area is 216 Å². The summed E-state index contributed by atoms with van der Waals surface area (Å²) in [5.74, 6) is -0.109. The Bertz CT molecular complexity index is 1360. The molecule has 0 spiro atoms. The van der Waals surface area contributed by atoms with E-state index in [0.29, 0.717) is 12.8 Å². The van der Waals surface area contributed by atoms with E-state index in [4.69, 9.17) is 9.84 Å². The molecular weight excluding hydrogens is 466 g/mol. The molecule has 3 atom stereocenters. The van der Waals surface area contributed by atoms with Gasteiger partial charge < -0.3 is 15.2 Å². The number of aryl methyl sites for hydroxylation is 1. The van der Waals surface area contributed by atoms with E-state index in [9.17, 15) is 9.90 Å². The van der Waals surface area contributed by atoms with Gasteiger partial charge in [0.2, 0.25) is 5.91 Å². The molecule has 1 amide bonds. The summed E-state index contributed by atoms with van der Waals surface area (Å²) in [7, 11) is 3.46. The fourth-order valence-corrected chi connectivity index (χ4v) is 5.52. The largest absolute Gasteiger partial charge is 0.387 e. The fourth-order valence-electron chi connectivity index (χ4n) is 5.52. The summed E-state index contributed by atoms with van der Waals surface area (Å²) >= 11 is 0. The summed E-state index contributed by atoms with van der Waals surface area (Å²) in [6, 6.07) is 19.7. The van der Waals surface area contributed by atoms with Gasteiger partial charge in [0.25, 0.3) is 0 Å². The SMILES string of the molecule is COCC1(O)C[C@@H](NC(=O)Cc2c(C)c(-c3cnn(C)c3)nn2-c2ccccc2)[C@H](c2ccccc2)C1. The van der Waals surface area contributed by atoms with Crippen molar-refractivity contribution < 1.29 is 14.6 Å². The molecule has 37 heavy (non-hydrogen) atoms. The molecule has 5 rings (SSSR count). The van der Waals surface area contributed by atoms with E-state index < -0.39 is 5.60 Å². The minimum atomic E-state index is -0.984. The number of amides is 1. The molecule has 1 fully saturated rings. The van der Waals surface area contributed by atoms with Crippen LogP contribution in [-0.2, 0) is 23.0 Å². The molecule has 1 saturated carbocycles. The number of hydrogen-bond acceptors (Lipinski definition) is 5. The van der Waals surface area contributed by atoms with Crippen molar-refractivity contribution in [2.75, 3.05) is 13.7 Å². The Morgan fingerprint density at radius 3 is 2.49 bits per heavy atom. The number of carbonyl (C=O) groups is 1. The maximum absolute atomic E-state index is 13.5. The van der Waals surface area contributed by atoms with Crippen LogP contribution in [0.5, 0.6) is 0 Å². The van der Waals surface area contributed by atoms with Gasteiger partial charge >= 0.3 is 0 Å². The first-order valence-corrected chi connectivity index (χ1v) is 12.6. The molecule has 1 aliphatic carbocycles. The van der Waals surface area contributed by atoms with E-state index in [2.05, 4.69) is 22.5 Å². The molecular formula is C29H33N5O3. The molecule has 0 radical (unpaired) electrons. The third-order valence-electron chi connectivity index (χ3n) is 7.22. The molecule has 8 nitrogen and oxygen atoms in total. The maximum atomic E-state index is 13.5. The number of benzene rings is 2. The quantitative estimate of drug-likeness (QED) is 0.387. The van der Waals surface area contributed by atoms with Gasteiger partial charge in [0.1, 0.15) is 0 Å². The van der Waals surface area contributed by atoms with Crippen LogP contribution in [0.4, 0.5) is 0 Å². The van der Waals surface area contributed by atoms with Crippen molar-refractivity contribution in [3.63, 3.8) is 0 Å². The second-order valence-electron chi connectivity index (χ2n) is 10.0. The lowest BCUT2D eigenvalue weighted by molar-refractivity contribution is -0.121. The Morgan fingerprint density at radius 2 is 1.84 bits per heavy atom. The van der Waals surface area contributed by atoms with Gasteiger partial charge in [-0.2, -0.15) is 10.2 Å². The number of aliphatic hydroxyl groups is 1. The predicted molar refractivity (Wildman–Crippen MR) is 141 cm³/mol. The average molecular weight is 500 g/mol. The van der Waals surface area contributed by atoms with Gasteiger partial charge in [0, 0.05) is 37.9 Å². The first-order valence-electron chi connectivity index (χ1n) is 12.6. The van der Waals surface area contributed by atoms with Gasteiger partial charge in [-0.25, -0.2) is 4.68 Å². The second kappa shape index (κ2) is 10.3. The van der Waals surface area contributed by atoms with Crippen molar-refractivity contribution in [3.05, 3.63) is 89.9 Å². The lowest BCUT2D eigenvalue weighted by Crippen LogP contribution is -2.39. The van der Waals surface area contributed by atoms with Crippen LogP contribution >= 0.6 is 0 Å². The third-order valence-corrected chi connectivity index (χ3v) is 7.22. The number of ether oxygens (including phenoxy) is 1. The standard InChI is InChI=1S/C29H33N5O3/c1-20-26(34(23-12-8-5-9-13-23)32-28(20)22-17-30-33(2)18-22)14-27(35)31-25-16-29(36,19-37-3)15-24(25)21-10-6-4-7-11-21/h4-13,17-18,24-25,36H,14-16,19H2,1-3H3,(H,31,35)/t24-,25+,29?/m0/s1. The molecule has 192 valence electrons. The van der Waals surface area contributed by atoms with E-state index in [1.54, 1.807) is 18.0 Å². The monoisotopic (exact) mass is 499 g/mol. The number of aromatic nitrogens is 4. The van der Waals surface area contributed by atoms with Crippen LogP contribution in [0.2, 0.25) is 0 Å². The first-order chi connectivity index (χ1) is 17.9. The van der Waals surface area contributed by atoms with E-state index >= 15 is 0 Å². The minimum absolute atomic E-state index is 0.00335. The van der Waals surface area contributed by atoms with Crippen LogP contribution in [0.1, 0.15) is 35.6 Å². The zero-order valence-electron chi connectivity index (χ0n) is 21.5. The molecule has 4 aromatic rings. The molecule has 2 heterocycles. The van der Waals surface area contributed by atoms with Gasteiger partial charge in [-0.15, -0.1) is 0 Å². The zero-order chi connectivity index (χ0) is 26.0. The van der Waals surface area contributed by atoms with E-state index in [1.807, 2.05) is 73.4 Å². The molecule has 2 aromatic carbocycles. The Hall–Kier alpha value is -3.75. The van der Waals surface area contributed by atoms with Gasteiger partial charge in [0.05, 0.1) is 41.9 Å². The number of nitrogens with one attached hydrogen (secondary N) is 1. The molecule has 2 aromatic heterocycles. The Balaban J connectivity index is 1.44. The normalized spacial score (nSPS) is 21.3. The van der Waals surface area contributed by atoms with Crippen molar-refractivity contribution in [2.45, 2.75) is 43.7 Å². The number of hydrogen-bond donors (Lipinski definition) is 2. The number of rotatable bonds is 8. The summed E-state index contributed by atoms with van der Waals surface area (Å²) in [4.78, 5) is 13.5. The summed E-state index contributed by atoms with van der Waals surface area (Å²) < 4.78 is 8.90. The highest BCUT2D eigenvalue weighted by Gasteiger charge is 2.45. The van der Waals surface area contributed by atoms with Crippen molar-refractivity contribution in [1.29, 1.82) is 0 Å². The summed E-state index contributed by atoms with van der Waals surface area (Å²) in [5, 5.41) is 23.6. The van der Waals surface area contributed by atoms with Gasteiger partial charge in [0.15, 0.2) is 0 Å². The molecule has 2 N–H and O–H groups in total. The van der Waals surface area contributed by atoms with E-state index in [0.717, 1.165) is 33.8 Å². The highest BCUT2D eigenvalue weighted by Crippen LogP contribution is 2.41. The molecule has 0 aliphatic heterocycles. The highest BCUT2D eigenvalue weighted by atomic mass is 16.5. The lowest BCUT2D eigenvalue weighted by atomic mass is 9.93. The molecule has 0 saturated heterocycles. The minimum Gasteiger partial charge on any atom is -0.387 e. The molecule has 8 heteroatoms.